The molecule has 1 amide bonds. The van der Waals surface area contributed by atoms with Gasteiger partial charge in [0.05, 0.1) is 11.1 Å². The Morgan fingerprint density at radius 3 is 2.30 bits per heavy atom. The van der Waals surface area contributed by atoms with Crippen molar-refractivity contribution in [3.05, 3.63) is 53.3 Å². The smallest absolute Gasteiger partial charge is 0.416 e. The van der Waals surface area contributed by atoms with Crippen LogP contribution in [0.5, 0.6) is 0 Å². The summed E-state index contributed by atoms with van der Waals surface area (Å²) < 4.78 is 39.3. The van der Waals surface area contributed by atoms with Crippen LogP contribution in [0.2, 0.25) is 0 Å². The van der Waals surface area contributed by atoms with Crippen molar-refractivity contribution in [2.75, 3.05) is 11.4 Å². The van der Waals surface area contributed by atoms with Crippen LogP contribution >= 0.6 is 0 Å². The molecule has 1 aliphatic heterocycles. The largest absolute Gasteiger partial charge is 0.478 e. The summed E-state index contributed by atoms with van der Waals surface area (Å²) in [5.41, 5.74) is -0.595. The van der Waals surface area contributed by atoms with Gasteiger partial charge in [-0.15, -0.1) is 0 Å². The highest BCUT2D eigenvalue weighted by Gasteiger charge is 2.32. The quantitative estimate of drug-likeness (QED) is 0.924. The molecule has 120 valence electrons. The molecule has 2 heterocycles. The van der Waals surface area contributed by atoms with Gasteiger partial charge >= 0.3 is 12.1 Å². The number of rotatable bonds is 2. The van der Waals surface area contributed by atoms with Crippen LogP contribution in [-0.2, 0) is 12.7 Å². The Labute approximate surface area is 128 Å². The first-order chi connectivity index (χ1) is 10.8. The molecular weight excluding hydrogens is 313 g/mol. The first kappa shape index (κ1) is 15.1. The van der Waals surface area contributed by atoms with Crippen LogP contribution in [0.25, 0.3) is 0 Å². The maximum atomic E-state index is 12.6. The average Bonchev–Trinajstić information content (AvgIpc) is 2.92. The summed E-state index contributed by atoms with van der Waals surface area (Å²) in [6.45, 7) is 0.625. The van der Waals surface area contributed by atoms with E-state index in [0.717, 1.165) is 12.1 Å². The number of amides is 1. The molecule has 8 heteroatoms. The summed E-state index contributed by atoms with van der Waals surface area (Å²) in [6, 6.07) is 5.55. The summed E-state index contributed by atoms with van der Waals surface area (Å²) >= 11 is 0. The zero-order valence-corrected chi connectivity index (χ0v) is 11.7. The normalized spacial score (nSPS) is 14.7. The van der Waals surface area contributed by atoms with Crippen LogP contribution in [0, 0.1) is 0 Å². The Morgan fingerprint density at radius 1 is 1.09 bits per heavy atom. The number of hydrogen-bond acceptors (Lipinski definition) is 2. The molecule has 0 spiro atoms. The highest BCUT2D eigenvalue weighted by Crippen LogP contribution is 2.31. The van der Waals surface area contributed by atoms with Gasteiger partial charge < -0.3 is 14.6 Å². The number of alkyl halides is 3. The summed E-state index contributed by atoms with van der Waals surface area (Å²) in [4.78, 5) is 25.0. The van der Waals surface area contributed by atoms with E-state index in [9.17, 15) is 22.8 Å². The van der Waals surface area contributed by atoms with Gasteiger partial charge in [0.2, 0.25) is 0 Å². The molecular formula is C15H11F3N2O3. The van der Waals surface area contributed by atoms with Gasteiger partial charge in [-0.05, 0) is 30.3 Å². The number of halogens is 3. The number of fused-ring (bicyclic) bond motifs is 1. The third-order valence-corrected chi connectivity index (χ3v) is 3.71. The molecule has 0 bridgehead atoms. The van der Waals surface area contributed by atoms with E-state index in [2.05, 4.69) is 0 Å². The number of aromatic carboxylic acids is 1. The number of hydrogen-bond donors (Lipinski definition) is 1. The minimum atomic E-state index is -4.45. The first-order valence-electron chi connectivity index (χ1n) is 6.70. The Kier molecular flexibility index (Phi) is 3.39. The van der Waals surface area contributed by atoms with Crippen LogP contribution in [0.15, 0.2) is 36.5 Å². The van der Waals surface area contributed by atoms with Crippen LogP contribution in [-0.4, -0.2) is 28.1 Å². The maximum absolute atomic E-state index is 12.6. The zero-order chi connectivity index (χ0) is 16.8. The fraction of sp³-hybridized carbons (Fsp3) is 0.200. The van der Waals surface area contributed by atoms with Crippen molar-refractivity contribution in [3.63, 3.8) is 0 Å². The van der Waals surface area contributed by atoms with E-state index >= 15 is 0 Å². The molecule has 0 saturated carbocycles. The van der Waals surface area contributed by atoms with Gasteiger partial charge in [0, 0.05) is 25.0 Å². The van der Waals surface area contributed by atoms with Gasteiger partial charge in [0.25, 0.3) is 5.91 Å². The van der Waals surface area contributed by atoms with Crippen molar-refractivity contribution < 1.29 is 27.9 Å². The predicted octanol–water partition coefficient (Wildman–Crippen LogP) is 2.87. The average molecular weight is 324 g/mol. The molecule has 1 aromatic carbocycles. The molecule has 23 heavy (non-hydrogen) atoms. The second-order valence-electron chi connectivity index (χ2n) is 5.08. The minimum Gasteiger partial charge on any atom is -0.478 e. The molecule has 1 aromatic heterocycles. The SMILES string of the molecule is O=C(O)c1ccn2c1C(=O)N(c1ccc(C(F)(F)F)cc1)CC2. The number of aromatic nitrogens is 1. The predicted molar refractivity (Wildman–Crippen MR) is 74.5 cm³/mol. The molecule has 0 saturated heterocycles. The topological polar surface area (TPSA) is 62.5 Å². The molecule has 0 fully saturated rings. The second kappa shape index (κ2) is 5.15. The summed E-state index contributed by atoms with van der Waals surface area (Å²) in [5.74, 6) is -1.76. The van der Waals surface area contributed by atoms with Crippen LogP contribution in [0.3, 0.4) is 0 Å². The Morgan fingerprint density at radius 2 is 1.74 bits per heavy atom. The standard InChI is InChI=1S/C15H11F3N2O3/c16-15(17,18)9-1-3-10(4-2-9)20-8-7-19-6-5-11(14(22)23)12(19)13(20)21/h1-6H,7-8H2,(H,22,23). The van der Waals surface area contributed by atoms with Crippen molar-refractivity contribution in [3.8, 4) is 0 Å². The number of carboxylic acid groups (broad SMARTS) is 1. The monoisotopic (exact) mass is 324 g/mol. The molecule has 0 aliphatic carbocycles. The van der Waals surface area contributed by atoms with E-state index in [4.69, 9.17) is 5.11 Å². The lowest BCUT2D eigenvalue weighted by atomic mass is 10.1. The Bertz CT molecular complexity index is 778. The maximum Gasteiger partial charge on any atom is 0.416 e. The molecule has 0 atom stereocenters. The molecule has 1 aliphatic rings. The molecule has 2 aromatic rings. The van der Waals surface area contributed by atoms with Crippen molar-refractivity contribution >= 4 is 17.6 Å². The lowest BCUT2D eigenvalue weighted by molar-refractivity contribution is -0.137. The van der Waals surface area contributed by atoms with Gasteiger partial charge in [-0.3, -0.25) is 4.79 Å². The van der Waals surface area contributed by atoms with Gasteiger partial charge in [0.1, 0.15) is 5.69 Å². The van der Waals surface area contributed by atoms with Crippen molar-refractivity contribution in [2.45, 2.75) is 12.7 Å². The number of nitrogens with zero attached hydrogens (tertiary/aromatic N) is 2. The minimum absolute atomic E-state index is 0.0312. The summed E-state index contributed by atoms with van der Waals surface area (Å²) in [5, 5.41) is 9.12. The van der Waals surface area contributed by atoms with Crippen molar-refractivity contribution in [1.82, 2.24) is 4.57 Å². The van der Waals surface area contributed by atoms with Gasteiger partial charge in [-0.25, -0.2) is 4.79 Å². The van der Waals surface area contributed by atoms with E-state index in [0.29, 0.717) is 12.2 Å². The summed E-state index contributed by atoms with van der Waals surface area (Å²) in [7, 11) is 0. The van der Waals surface area contributed by atoms with E-state index < -0.39 is 23.6 Å². The van der Waals surface area contributed by atoms with Gasteiger partial charge in [-0.1, -0.05) is 0 Å². The van der Waals surface area contributed by atoms with E-state index in [1.54, 1.807) is 0 Å². The van der Waals surface area contributed by atoms with Gasteiger partial charge in [-0.2, -0.15) is 13.2 Å². The lowest BCUT2D eigenvalue weighted by Crippen LogP contribution is -2.40. The number of carbonyl (C=O) groups excluding carboxylic acids is 1. The number of carbonyl (C=O) groups is 2. The molecule has 0 unspecified atom stereocenters. The fourth-order valence-corrected chi connectivity index (χ4v) is 2.58. The Balaban J connectivity index is 1.95. The van der Waals surface area contributed by atoms with E-state index in [1.807, 2.05) is 0 Å². The summed E-state index contributed by atoms with van der Waals surface area (Å²) in [6.07, 6.45) is -2.93. The van der Waals surface area contributed by atoms with Crippen molar-refractivity contribution in [1.29, 1.82) is 0 Å². The fourth-order valence-electron chi connectivity index (χ4n) is 2.58. The van der Waals surface area contributed by atoms with Gasteiger partial charge in [0.15, 0.2) is 0 Å². The third kappa shape index (κ3) is 2.56. The number of benzene rings is 1. The molecule has 3 rings (SSSR count). The van der Waals surface area contributed by atoms with Crippen LogP contribution in [0.4, 0.5) is 18.9 Å². The third-order valence-electron chi connectivity index (χ3n) is 3.71. The zero-order valence-electron chi connectivity index (χ0n) is 11.7. The van der Waals surface area contributed by atoms with E-state index in [-0.39, 0.29) is 17.8 Å². The second-order valence-corrected chi connectivity index (χ2v) is 5.08. The van der Waals surface area contributed by atoms with Crippen molar-refractivity contribution in [2.24, 2.45) is 0 Å². The first-order valence-corrected chi connectivity index (χ1v) is 6.70. The molecule has 5 nitrogen and oxygen atoms in total. The number of anilines is 1. The van der Waals surface area contributed by atoms with Crippen LogP contribution in [0.1, 0.15) is 26.4 Å². The highest BCUT2D eigenvalue weighted by molar-refractivity contribution is 6.11. The Hall–Kier alpha value is -2.77. The molecule has 0 radical (unpaired) electrons. The highest BCUT2D eigenvalue weighted by atomic mass is 19.4. The van der Waals surface area contributed by atoms with Crippen LogP contribution < -0.4 is 4.90 Å². The molecule has 1 N–H and O–H groups in total. The van der Waals surface area contributed by atoms with E-state index in [1.165, 1.54) is 33.9 Å². The lowest BCUT2D eigenvalue weighted by Gasteiger charge is -2.29. The number of carboxylic acids is 1.